The molecule has 1 aromatic rings. The van der Waals surface area contributed by atoms with Crippen LogP contribution in [0.3, 0.4) is 0 Å². The van der Waals surface area contributed by atoms with Crippen LogP contribution in [-0.2, 0) is 0 Å². The Hall–Kier alpha value is -0.400. The van der Waals surface area contributed by atoms with Gasteiger partial charge >= 0.3 is 0 Å². The van der Waals surface area contributed by atoms with Gasteiger partial charge in [-0.05, 0) is 40.8 Å². The van der Waals surface area contributed by atoms with Crippen LogP contribution in [0.15, 0.2) is 18.2 Å². The van der Waals surface area contributed by atoms with Crippen molar-refractivity contribution in [3.63, 3.8) is 0 Å². The van der Waals surface area contributed by atoms with Gasteiger partial charge in [0.05, 0.1) is 0 Å². The molecule has 1 aromatic carbocycles. The van der Waals surface area contributed by atoms with Crippen molar-refractivity contribution >= 4 is 39.9 Å². The lowest BCUT2D eigenvalue weighted by Crippen LogP contribution is -2.01. The smallest absolute Gasteiger partial charge is 0.0477 e. The molecule has 68 valence electrons. The van der Waals surface area contributed by atoms with E-state index < -0.39 is 0 Å². The second-order valence-corrected chi connectivity index (χ2v) is 4.10. The molecule has 0 aliphatic rings. The van der Waals surface area contributed by atoms with Gasteiger partial charge in [-0.2, -0.15) is 0 Å². The van der Waals surface area contributed by atoms with Crippen LogP contribution >= 0.6 is 34.2 Å². The highest BCUT2D eigenvalue weighted by Crippen LogP contribution is 2.21. The average Bonchev–Trinajstić information content (AvgIpc) is 2.09. The van der Waals surface area contributed by atoms with Gasteiger partial charge < -0.3 is 5.32 Å². The van der Waals surface area contributed by atoms with Gasteiger partial charge in [-0.3, -0.25) is 0 Å². The maximum atomic E-state index is 5.81. The predicted molar refractivity (Wildman–Crippen MR) is 66.1 cm³/mol. The molecule has 0 aromatic heterocycles. The maximum absolute atomic E-state index is 5.81. The number of rotatable bonds is 3. The van der Waals surface area contributed by atoms with E-state index in [0.29, 0.717) is 0 Å². The van der Waals surface area contributed by atoms with Gasteiger partial charge in [0.1, 0.15) is 0 Å². The summed E-state index contributed by atoms with van der Waals surface area (Å²) in [5.74, 6) is 2.58. The SMILES string of the molecule is C#CCCNc1ccc(Cl)cc1I. The molecule has 3 heteroatoms. The van der Waals surface area contributed by atoms with Gasteiger partial charge in [0, 0.05) is 27.2 Å². The van der Waals surface area contributed by atoms with Gasteiger partial charge in [-0.25, -0.2) is 0 Å². The molecule has 0 spiro atoms. The number of benzene rings is 1. The van der Waals surface area contributed by atoms with E-state index in [4.69, 9.17) is 18.0 Å². The van der Waals surface area contributed by atoms with E-state index in [1.54, 1.807) is 0 Å². The van der Waals surface area contributed by atoms with Crippen molar-refractivity contribution < 1.29 is 0 Å². The van der Waals surface area contributed by atoms with E-state index in [-0.39, 0.29) is 0 Å². The summed E-state index contributed by atoms with van der Waals surface area (Å²) in [6.45, 7) is 0.800. The van der Waals surface area contributed by atoms with Gasteiger partial charge in [0.25, 0.3) is 0 Å². The molecule has 0 saturated heterocycles. The van der Waals surface area contributed by atoms with Crippen LogP contribution in [-0.4, -0.2) is 6.54 Å². The average molecular weight is 306 g/mol. The number of halogens is 2. The first-order chi connectivity index (χ1) is 6.24. The van der Waals surface area contributed by atoms with E-state index in [1.165, 1.54) is 0 Å². The number of hydrogen-bond donors (Lipinski definition) is 1. The summed E-state index contributed by atoms with van der Waals surface area (Å²) in [5.41, 5.74) is 1.08. The van der Waals surface area contributed by atoms with Gasteiger partial charge in [0.15, 0.2) is 0 Å². The Balaban J connectivity index is 2.62. The molecule has 0 saturated carbocycles. The molecule has 13 heavy (non-hydrogen) atoms. The van der Waals surface area contributed by atoms with Crippen LogP contribution < -0.4 is 5.32 Å². The molecule has 0 aliphatic heterocycles. The van der Waals surface area contributed by atoms with Crippen molar-refractivity contribution in [1.29, 1.82) is 0 Å². The van der Waals surface area contributed by atoms with Crippen LogP contribution in [0, 0.1) is 15.9 Å². The number of terminal acetylenes is 1. The van der Waals surface area contributed by atoms with Crippen LogP contribution in [0.1, 0.15) is 6.42 Å². The summed E-state index contributed by atoms with van der Waals surface area (Å²) in [5, 5.41) is 3.99. The molecular weight excluding hydrogens is 296 g/mol. The Labute approximate surface area is 97.0 Å². The third kappa shape index (κ3) is 3.45. The highest BCUT2D eigenvalue weighted by atomic mass is 127. The monoisotopic (exact) mass is 305 g/mol. The third-order valence-electron chi connectivity index (χ3n) is 1.52. The lowest BCUT2D eigenvalue weighted by molar-refractivity contribution is 1.10. The van der Waals surface area contributed by atoms with Crippen molar-refractivity contribution in [2.45, 2.75) is 6.42 Å². The largest absolute Gasteiger partial charge is 0.383 e. The molecule has 0 fully saturated rings. The predicted octanol–water partition coefficient (Wildman–Crippen LogP) is 3.38. The van der Waals surface area contributed by atoms with Crippen LogP contribution in [0.25, 0.3) is 0 Å². The second-order valence-electron chi connectivity index (χ2n) is 2.51. The fourth-order valence-electron chi connectivity index (χ4n) is 0.902. The molecule has 1 rings (SSSR count). The lowest BCUT2D eigenvalue weighted by Gasteiger charge is -2.06. The summed E-state index contributed by atoms with van der Waals surface area (Å²) < 4.78 is 1.11. The fourth-order valence-corrected chi connectivity index (χ4v) is 1.96. The normalized spacial score (nSPS) is 9.31. The summed E-state index contributed by atoms with van der Waals surface area (Å²) in [4.78, 5) is 0. The van der Waals surface area contributed by atoms with Crippen molar-refractivity contribution in [3.05, 3.63) is 26.8 Å². The summed E-state index contributed by atoms with van der Waals surface area (Å²) >= 11 is 8.05. The highest BCUT2D eigenvalue weighted by Gasteiger charge is 1.98. The van der Waals surface area contributed by atoms with E-state index in [1.807, 2.05) is 18.2 Å². The topological polar surface area (TPSA) is 12.0 Å². The lowest BCUT2D eigenvalue weighted by atomic mass is 10.3. The van der Waals surface area contributed by atoms with E-state index in [0.717, 1.165) is 27.2 Å². The van der Waals surface area contributed by atoms with Crippen LogP contribution in [0.2, 0.25) is 5.02 Å². The number of hydrogen-bond acceptors (Lipinski definition) is 1. The molecule has 0 aliphatic carbocycles. The minimum Gasteiger partial charge on any atom is -0.383 e. The molecule has 0 atom stereocenters. The Kier molecular flexibility index (Phi) is 4.40. The van der Waals surface area contributed by atoms with Crippen molar-refractivity contribution in [2.24, 2.45) is 0 Å². The molecule has 1 nitrogen and oxygen atoms in total. The highest BCUT2D eigenvalue weighted by molar-refractivity contribution is 14.1. The fraction of sp³-hybridized carbons (Fsp3) is 0.200. The first-order valence-electron chi connectivity index (χ1n) is 3.86. The minimum absolute atomic E-state index is 0.735. The standard InChI is InChI=1S/C10H9ClIN/c1-2-3-6-13-10-5-4-8(11)7-9(10)12/h1,4-5,7,13H,3,6H2. The summed E-state index contributed by atoms with van der Waals surface area (Å²) in [6.07, 6.45) is 5.88. The van der Waals surface area contributed by atoms with Crippen molar-refractivity contribution in [3.8, 4) is 12.3 Å². The van der Waals surface area contributed by atoms with Crippen LogP contribution in [0.4, 0.5) is 5.69 Å². The molecule has 0 amide bonds. The molecule has 0 heterocycles. The zero-order valence-corrected chi connectivity index (χ0v) is 9.89. The second kappa shape index (κ2) is 5.36. The zero-order valence-electron chi connectivity index (χ0n) is 6.98. The summed E-state index contributed by atoms with van der Waals surface area (Å²) in [7, 11) is 0. The molecule has 0 unspecified atom stereocenters. The molecule has 0 bridgehead atoms. The van der Waals surface area contributed by atoms with Crippen molar-refractivity contribution in [1.82, 2.24) is 0 Å². The van der Waals surface area contributed by atoms with Crippen LogP contribution in [0.5, 0.6) is 0 Å². The number of nitrogens with one attached hydrogen (secondary N) is 1. The quantitative estimate of drug-likeness (QED) is 0.513. The van der Waals surface area contributed by atoms with Gasteiger partial charge in [-0.1, -0.05) is 11.6 Å². The molecular formula is C10H9ClIN. The third-order valence-corrected chi connectivity index (χ3v) is 2.64. The van der Waals surface area contributed by atoms with Crippen molar-refractivity contribution in [2.75, 3.05) is 11.9 Å². The summed E-state index contributed by atoms with van der Waals surface area (Å²) in [6, 6.07) is 5.74. The van der Waals surface area contributed by atoms with E-state index in [9.17, 15) is 0 Å². The zero-order chi connectivity index (χ0) is 9.68. The Morgan fingerprint density at radius 3 is 2.92 bits per heavy atom. The van der Waals surface area contributed by atoms with E-state index in [2.05, 4.69) is 33.8 Å². The van der Waals surface area contributed by atoms with Gasteiger partial charge in [0.2, 0.25) is 0 Å². The Morgan fingerprint density at radius 2 is 2.31 bits per heavy atom. The van der Waals surface area contributed by atoms with E-state index >= 15 is 0 Å². The minimum atomic E-state index is 0.735. The maximum Gasteiger partial charge on any atom is 0.0477 e. The molecule has 1 N–H and O–H groups in total. The number of anilines is 1. The Morgan fingerprint density at radius 1 is 1.54 bits per heavy atom. The first-order valence-corrected chi connectivity index (χ1v) is 5.32. The first kappa shape index (κ1) is 10.7. The Bertz CT molecular complexity index is 330. The molecule has 0 radical (unpaired) electrons. The van der Waals surface area contributed by atoms with Gasteiger partial charge in [-0.15, -0.1) is 12.3 Å².